The third-order valence-electron chi connectivity index (χ3n) is 3.17. The summed E-state index contributed by atoms with van der Waals surface area (Å²) in [4.78, 5) is 14.0. The number of nitriles is 1. The van der Waals surface area contributed by atoms with Crippen molar-refractivity contribution in [3.63, 3.8) is 0 Å². The molecule has 0 spiro atoms. The van der Waals surface area contributed by atoms with Crippen molar-refractivity contribution < 1.29 is 4.79 Å². The Labute approximate surface area is 102 Å². The summed E-state index contributed by atoms with van der Waals surface area (Å²) < 4.78 is 0. The third-order valence-corrected chi connectivity index (χ3v) is 3.17. The highest BCUT2D eigenvalue weighted by molar-refractivity contribution is 6.00. The van der Waals surface area contributed by atoms with Crippen LogP contribution in [0.1, 0.15) is 47.7 Å². The largest absolute Gasteiger partial charge is 0.334 e. The van der Waals surface area contributed by atoms with Gasteiger partial charge in [-0.15, -0.1) is 0 Å². The molecule has 1 heterocycles. The van der Waals surface area contributed by atoms with E-state index in [1.807, 2.05) is 17.0 Å². The van der Waals surface area contributed by atoms with Crippen molar-refractivity contribution in [3.8, 4) is 6.07 Å². The molecular formula is C14H16N2O. The molecule has 88 valence electrons. The molecule has 0 saturated carbocycles. The highest BCUT2D eigenvalue weighted by Crippen LogP contribution is 2.25. The molecule has 2 rings (SSSR count). The number of unbranched alkanes of at least 4 members (excludes halogenated alkanes) is 2. The van der Waals surface area contributed by atoms with E-state index in [-0.39, 0.29) is 5.91 Å². The van der Waals surface area contributed by atoms with Crippen LogP contribution in [0.2, 0.25) is 0 Å². The van der Waals surface area contributed by atoms with Gasteiger partial charge in [0, 0.05) is 13.1 Å². The molecule has 1 aromatic rings. The van der Waals surface area contributed by atoms with Crippen molar-refractivity contribution in [1.82, 2.24) is 4.90 Å². The van der Waals surface area contributed by atoms with Crippen molar-refractivity contribution in [3.05, 3.63) is 34.9 Å². The maximum absolute atomic E-state index is 12.1. The lowest BCUT2D eigenvalue weighted by molar-refractivity contribution is 0.0775. The van der Waals surface area contributed by atoms with Crippen LogP contribution in [0, 0.1) is 11.3 Å². The minimum Gasteiger partial charge on any atom is -0.334 e. The first-order valence-electron chi connectivity index (χ1n) is 6.09. The monoisotopic (exact) mass is 228 g/mol. The second-order valence-corrected chi connectivity index (χ2v) is 4.39. The Morgan fingerprint density at radius 3 is 2.94 bits per heavy atom. The van der Waals surface area contributed by atoms with Gasteiger partial charge < -0.3 is 4.90 Å². The van der Waals surface area contributed by atoms with E-state index in [0.717, 1.165) is 31.4 Å². The molecule has 1 aliphatic heterocycles. The Morgan fingerprint density at radius 2 is 2.24 bits per heavy atom. The molecule has 0 radical (unpaired) electrons. The fourth-order valence-corrected chi connectivity index (χ4v) is 2.25. The Kier molecular flexibility index (Phi) is 3.43. The molecule has 1 aromatic carbocycles. The maximum Gasteiger partial charge on any atom is 0.255 e. The second-order valence-electron chi connectivity index (χ2n) is 4.39. The number of benzene rings is 1. The number of hydrogen-bond donors (Lipinski definition) is 0. The van der Waals surface area contributed by atoms with Crippen LogP contribution in [0.15, 0.2) is 18.2 Å². The van der Waals surface area contributed by atoms with E-state index < -0.39 is 0 Å². The van der Waals surface area contributed by atoms with Crippen molar-refractivity contribution in [1.29, 1.82) is 5.26 Å². The van der Waals surface area contributed by atoms with Crippen LogP contribution in [-0.4, -0.2) is 17.4 Å². The van der Waals surface area contributed by atoms with Gasteiger partial charge in [0.15, 0.2) is 0 Å². The highest BCUT2D eigenvalue weighted by atomic mass is 16.2. The summed E-state index contributed by atoms with van der Waals surface area (Å²) in [5.74, 6) is 0.0215. The first-order chi connectivity index (χ1) is 8.27. The number of carbonyl (C=O) groups excluding carboxylic acids is 1. The normalized spacial score (nSPS) is 13.6. The van der Waals surface area contributed by atoms with Gasteiger partial charge in [-0.2, -0.15) is 5.26 Å². The fraction of sp³-hybridized carbons (Fsp3) is 0.429. The SMILES string of the molecule is CCCCCN1Cc2cccc(C#N)c2C1=O. The fourth-order valence-electron chi connectivity index (χ4n) is 2.25. The number of amides is 1. The number of fused-ring (bicyclic) bond motifs is 1. The lowest BCUT2D eigenvalue weighted by Gasteiger charge is -2.14. The summed E-state index contributed by atoms with van der Waals surface area (Å²) in [6.45, 7) is 3.61. The lowest BCUT2D eigenvalue weighted by Crippen LogP contribution is -2.25. The van der Waals surface area contributed by atoms with E-state index in [1.54, 1.807) is 6.07 Å². The molecule has 0 bridgehead atoms. The smallest absolute Gasteiger partial charge is 0.255 e. The topological polar surface area (TPSA) is 44.1 Å². The summed E-state index contributed by atoms with van der Waals surface area (Å²) in [6, 6.07) is 7.60. The molecule has 1 aliphatic rings. The number of rotatable bonds is 4. The van der Waals surface area contributed by atoms with E-state index in [9.17, 15) is 4.79 Å². The molecule has 17 heavy (non-hydrogen) atoms. The van der Waals surface area contributed by atoms with E-state index in [1.165, 1.54) is 0 Å². The quantitative estimate of drug-likeness (QED) is 0.744. The van der Waals surface area contributed by atoms with Crippen LogP contribution in [0.3, 0.4) is 0 Å². The molecule has 0 aromatic heterocycles. The summed E-state index contributed by atoms with van der Waals surface area (Å²) in [5, 5.41) is 9.00. The van der Waals surface area contributed by atoms with Crippen LogP contribution in [0.4, 0.5) is 0 Å². The number of carbonyl (C=O) groups is 1. The van der Waals surface area contributed by atoms with Gasteiger partial charge >= 0.3 is 0 Å². The molecule has 0 aliphatic carbocycles. The van der Waals surface area contributed by atoms with E-state index in [4.69, 9.17) is 5.26 Å². The lowest BCUT2D eigenvalue weighted by atomic mass is 10.0. The first kappa shape index (κ1) is 11.7. The van der Waals surface area contributed by atoms with Gasteiger partial charge in [-0.05, 0) is 18.1 Å². The van der Waals surface area contributed by atoms with Crippen LogP contribution in [-0.2, 0) is 6.54 Å². The zero-order valence-electron chi connectivity index (χ0n) is 10.1. The van der Waals surface area contributed by atoms with E-state index in [0.29, 0.717) is 17.7 Å². The average molecular weight is 228 g/mol. The standard InChI is InChI=1S/C14H16N2O/c1-2-3-4-8-16-10-12-7-5-6-11(9-15)13(12)14(16)17/h5-7H,2-4,8,10H2,1H3. The van der Waals surface area contributed by atoms with Crippen molar-refractivity contribution in [2.45, 2.75) is 32.7 Å². The molecular weight excluding hydrogens is 212 g/mol. The second kappa shape index (κ2) is 5.01. The van der Waals surface area contributed by atoms with E-state index >= 15 is 0 Å². The van der Waals surface area contributed by atoms with Crippen molar-refractivity contribution in [2.24, 2.45) is 0 Å². The van der Waals surface area contributed by atoms with Crippen LogP contribution >= 0.6 is 0 Å². The van der Waals surface area contributed by atoms with Crippen molar-refractivity contribution in [2.75, 3.05) is 6.54 Å². The van der Waals surface area contributed by atoms with Gasteiger partial charge in [0.25, 0.3) is 5.91 Å². The number of hydrogen-bond acceptors (Lipinski definition) is 2. The average Bonchev–Trinajstić information content (AvgIpc) is 2.67. The summed E-state index contributed by atoms with van der Waals surface area (Å²) in [7, 11) is 0. The zero-order chi connectivity index (χ0) is 12.3. The van der Waals surface area contributed by atoms with Crippen LogP contribution in [0.25, 0.3) is 0 Å². The Hall–Kier alpha value is -1.82. The predicted molar refractivity (Wildman–Crippen MR) is 65.4 cm³/mol. The molecule has 0 unspecified atom stereocenters. The molecule has 3 nitrogen and oxygen atoms in total. The minimum absolute atomic E-state index is 0.0215. The zero-order valence-corrected chi connectivity index (χ0v) is 10.1. The Morgan fingerprint density at radius 1 is 1.41 bits per heavy atom. The van der Waals surface area contributed by atoms with Crippen LogP contribution < -0.4 is 0 Å². The van der Waals surface area contributed by atoms with Gasteiger partial charge in [0.1, 0.15) is 0 Å². The van der Waals surface area contributed by atoms with Gasteiger partial charge in [-0.25, -0.2) is 0 Å². The molecule has 1 amide bonds. The number of nitrogens with zero attached hydrogens (tertiary/aromatic N) is 2. The predicted octanol–water partition coefficient (Wildman–Crippen LogP) is 2.70. The van der Waals surface area contributed by atoms with Crippen LogP contribution in [0.5, 0.6) is 0 Å². The van der Waals surface area contributed by atoms with Crippen molar-refractivity contribution >= 4 is 5.91 Å². The van der Waals surface area contributed by atoms with Gasteiger partial charge in [-0.3, -0.25) is 4.79 Å². The summed E-state index contributed by atoms with van der Waals surface area (Å²) >= 11 is 0. The van der Waals surface area contributed by atoms with E-state index in [2.05, 4.69) is 13.0 Å². The molecule has 0 fully saturated rings. The van der Waals surface area contributed by atoms with Gasteiger partial charge in [0.2, 0.25) is 0 Å². The first-order valence-corrected chi connectivity index (χ1v) is 6.09. The van der Waals surface area contributed by atoms with Gasteiger partial charge in [-0.1, -0.05) is 31.9 Å². The summed E-state index contributed by atoms with van der Waals surface area (Å²) in [6.07, 6.45) is 3.34. The minimum atomic E-state index is 0.0215. The maximum atomic E-state index is 12.1. The Balaban J connectivity index is 2.16. The highest BCUT2D eigenvalue weighted by Gasteiger charge is 2.29. The molecule has 0 N–H and O–H groups in total. The third kappa shape index (κ3) is 2.16. The molecule has 0 atom stereocenters. The summed E-state index contributed by atoms with van der Waals surface area (Å²) in [5.41, 5.74) is 2.11. The van der Waals surface area contributed by atoms with Gasteiger partial charge in [0.05, 0.1) is 17.2 Å². The molecule has 0 saturated heterocycles. The molecule has 3 heteroatoms. The Bertz CT molecular complexity index is 474.